The smallest absolute Gasteiger partial charge is 0.324 e. The first-order chi connectivity index (χ1) is 11.8. The molecular weight excluding hydrogens is 331 g/mol. The number of ketones is 1. The lowest BCUT2D eigenvalue weighted by Gasteiger charge is -2.35. The van der Waals surface area contributed by atoms with Crippen LogP contribution in [0.5, 0.6) is 0 Å². The van der Waals surface area contributed by atoms with Gasteiger partial charge in [-0.1, -0.05) is 62.2 Å². The molecule has 0 amide bonds. The van der Waals surface area contributed by atoms with Crippen molar-refractivity contribution in [1.29, 1.82) is 0 Å². The van der Waals surface area contributed by atoms with Gasteiger partial charge in [0, 0.05) is 20.2 Å². The van der Waals surface area contributed by atoms with Crippen molar-refractivity contribution in [2.24, 2.45) is 0 Å². The van der Waals surface area contributed by atoms with Crippen LogP contribution in [0.2, 0.25) is 0 Å². The van der Waals surface area contributed by atoms with Crippen molar-refractivity contribution in [3.05, 3.63) is 47.5 Å². The van der Waals surface area contributed by atoms with E-state index in [2.05, 4.69) is 32.9 Å². The van der Waals surface area contributed by atoms with Gasteiger partial charge < -0.3 is 4.74 Å². The van der Waals surface area contributed by atoms with Crippen molar-refractivity contribution in [1.82, 2.24) is 0 Å². The van der Waals surface area contributed by atoms with Crippen LogP contribution in [0.4, 0.5) is 4.79 Å². The van der Waals surface area contributed by atoms with Crippen molar-refractivity contribution in [3.63, 3.8) is 0 Å². The van der Waals surface area contributed by atoms with Crippen LogP contribution in [-0.2, 0) is 14.7 Å². The van der Waals surface area contributed by atoms with Gasteiger partial charge >= 0.3 is 5.71 Å². The minimum atomic E-state index is -0.965. The van der Waals surface area contributed by atoms with Crippen LogP contribution < -0.4 is 0 Å². The Morgan fingerprint density at radius 2 is 1.96 bits per heavy atom. The Balaban J connectivity index is 2.17. The van der Waals surface area contributed by atoms with Gasteiger partial charge in [0.05, 0.1) is 0 Å². The quantitative estimate of drug-likeness (QED) is 0.444. The molecule has 136 valence electrons. The number of allylic oxidation sites excluding steroid dienone is 1. The van der Waals surface area contributed by atoms with Gasteiger partial charge in [0.1, 0.15) is 0 Å². The topological polar surface area (TPSA) is 43.4 Å². The molecule has 0 N–H and O–H groups in total. The zero-order valence-corrected chi connectivity index (χ0v) is 16.7. The lowest BCUT2D eigenvalue weighted by molar-refractivity contribution is -0.135. The second kappa shape index (κ2) is 8.27. The SMILES string of the molecule is CCCC(C)(PC(=O)OC1(C(C)=O)CC=C(C)CC1)c1ccccc1. The van der Waals surface area contributed by atoms with Crippen molar-refractivity contribution in [3.8, 4) is 0 Å². The Morgan fingerprint density at radius 1 is 1.28 bits per heavy atom. The molecule has 0 fully saturated rings. The summed E-state index contributed by atoms with van der Waals surface area (Å²) >= 11 is 0. The highest BCUT2D eigenvalue weighted by molar-refractivity contribution is 7.58. The molecule has 1 aromatic rings. The highest BCUT2D eigenvalue weighted by Crippen LogP contribution is 2.47. The molecule has 2 rings (SSSR count). The Labute approximate surface area is 153 Å². The van der Waals surface area contributed by atoms with E-state index in [9.17, 15) is 9.59 Å². The molecule has 1 aliphatic rings. The number of rotatable bonds is 7. The van der Waals surface area contributed by atoms with Gasteiger partial charge in [-0.3, -0.25) is 4.79 Å². The first kappa shape index (κ1) is 19.8. The number of ether oxygens (including phenoxy) is 1. The van der Waals surface area contributed by atoms with E-state index < -0.39 is 5.60 Å². The first-order valence-electron chi connectivity index (χ1n) is 9.05. The molecule has 4 heteroatoms. The Morgan fingerprint density at radius 3 is 2.48 bits per heavy atom. The second-order valence-electron chi connectivity index (χ2n) is 7.27. The molecule has 0 saturated carbocycles. The maximum atomic E-state index is 12.8. The van der Waals surface area contributed by atoms with E-state index in [1.807, 2.05) is 24.3 Å². The van der Waals surface area contributed by atoms with E-state index in [0.717, 1.165) is 24.8 Å². The fraction of sp³-hybridized carbons (Fsp3) is 0.524. The van der Waals surface area contributed by atoms with Crippen molar-refractivity contribution >= 4 is 20.1 Å². The predicted octanol–water partition coefficient (Wildman–Crippen LogP) is 5.98. The molecule has 0 aromatic heterocycles. The fourth-order valence-corrected chi connectivity index (χ4v) is 4.82. The lowest BCUT2D eigenvalue weighted by Crippen LogP contribution is -2.42. The normalized spacial score (nSPS) is 23.1. The van der Waals surface area contributed by atoms with Gasteiger partial charge in [-0.25, -0.2) is 4.79 Å². The Bertz CT molecular complexity index is 652. The third-order valence-electron chi connectivity index (χ3n) is 5.17. The molecular formula is C21H29O3P. The van der Waals surface area contributed by atoms with E-state index in [-0.39, 0.29) is 25.2 Å². The minimum absolute atomic E-state index is 0.00805. The van der Waals surface area contributed by atoms with Crippen LogP contribution in [0.3, 0.4) is 0 Å². The van der Waals surface area contributed by atoms with Crippen LogP contribution >= 0.6 is 8.58 Å². The minimum Gasteiger partial charge on any atom is -0.448 e. The molecule has 0 aliphatic heterocycles. The van der Waals surface area contributed by atoms with Crippen LogP contribution in [-0.4, -0.2) is 17.1 Å². The number of carbonyl (C=O) groups is 2. The molecule has 0 spiro atoms. The van der Waals surface area contributed by atoms with Crippen molar-refractivity contribution < 1.29 is 14.3 Å². The van der Waals surface area contributed by atoms with Gasteiger partial charge in [-0.2, -0.15) is 0 Å². The van der Waals surface area contributed by atoms with Gasteiger partial charge in [0.2, 0.25) is 0 Å². The Kier molecular flexibility index (Phi) is 6.57. The zero-order valence-electron chi connectivity index (χ0n) is 15.7. The first-order valence-corrected chi connectivity index (χ1v) is 10.0. The zero-order chi connectivity index (χ0) is 18.5. The summed E-state index contributed by atoms with van der Waals surface area (Å²) in [4.78, 5) is 25.0. The summed E-state index contributed by atoms with van der Waals surface area (Å²) < 4.78 is 5.83. The molecule has 3 unspecified atom stereocenters. The Hall–Kier alpha value is -1.47. The summed E-state index contributed by atoms with van der Waals surface area (Å²) in [6.07, 6.45) is 5.84. The molecule has 3 atom stereocenters. The molecule has 25 heavy (non-hydrogen) atoms. The van der Waals surface area contributed by atoms with E-state index in [0.29, 0.717) is 12.8 Å². The summed E-state index contributed by atoms with van der Waals surface area (Å²) in [6, 6.07) is 10.1. The molecule has 0 heterocycles. The number of hydrogen-bond donors (Lipinski definition) is 0. The summed E-state index contributed by atoms with van der Waals surface area (Å²) in [5.41, 5.74) is 1.20. The largest absolute Gasteiger partial charge is 0.448 e. The van der Waals surface area contributed by atoms with Crippen LogP contribution in [0, 0.1) is 0 Å². The number of hydrogen-bond acceptors (Lipinski definition) is 3. The molecule has 3 nitrogen and oxygen atoms in total. The third-order valence-corrected chi connectivity index (χ3v) is 6.57. The number of carbonyl (C=O) groups excluding carboxylic acids is 2. The van der Waals surface area contributed by atoms with Gasteiger partial charge in [-0.15, -0.1) is 0 Å². The molecule has 0 radical (unpaired) electrons. The average Bonchev–Trinajstić information content (AvgIpc) is 2.58. The fourth-order valence-electron chi connectivity index (χ4n) is 3.44. The number of benzene rings is 1. The maximum absolute atomic E-state index is 12.8. The maximum Gasteiger partial charge on any atom is 0.324 e. The van der Waals surface area contributed by atoms with E-state index in [4.69, 9.17) is 4.74 Å². The van der Waals surface area contributed by atoms with Crippen molar-refractivity contribution in [2.45, 2.75) is 70.6 Å². The predicted molar refractivity (Wildman–Crippen MR) is 105 cm³/mol. The van der Waals surface area contributed by atoms with E-state index in [1.165, 1.54) is 12.5 Å². The van der Waals surface area contributed by atoms with Crippen molar-refractivity contribution in [2.75, 3.05) is 0 Å². The third kappa shape index (κ3) is 4.79. The molecule has 1 aromatic carbocycles. The second-order valence-corrected chi connectivity index (χ2v) is 9.03. The summed E-state index contributed by atoms with van der Waals surface area (Å²) in [7, 11) is -0.00805. The van der Waals surface area contributed by atoms with Gasteiger partial charge in [0.25, 0.3) is 0 Å². The molecule has 1 aliphatic carbocycles. The van der Waals surface area contributed by atoms with E-state index >= 15 is 0 Å². The molecule has 0 bridgehead atoms. The standard InChI is InChI=1S/C21H29O3P/c1-5-13-20(4,18-9-7-6-8-10-18)25-19(23)24-21(17(3)22)14-11-16(2)12-15-21/h6-11,25H,5,12-15H2,1-4H3. The van der Waals surface area contributed by atoms with E-state index in [1.54, 1.807) is 0 Å². The summed E-state index contributed by atoms with van der Waals surface area (Å²) in [5, 5.41) is -0.245. The summed E-state index contributed by atoms with van der Waals surface area (Å²) in [5.74, 6) is -0.0497. The van der Waals surface area contributed by atoms with Crippen LogP contribution in [0.1, 0.15) is 65.4 Å². The van der Waals surface area contributed by atoms with Crippen LogP contribution in [0.15, 0.2) is 42.0 Å². The highest BCUT2D eigenvalue weighted by atomic mass is 31.1. The lowest BCUT2D eigenvalue weighted by atomic mass is 9.83. The van der Waals surface area contributed by atoms with Crippen LogP contribution in [0.25, 0.3) is 0 Å². The average molecular weight is 360 g/mol. The highest BCUT2D eigenvalue weighted by Gasteiger charge is 2.41. The number of Topliss-reactive ketones (excluding diaryl/α,β-unsaturated/α-hetero) is 1. The van der Waals surface area contributed by atoms with Gasteiger partial charge in [-0.05, 0) is 38.7 Å². The monoisotopic (exact) mass is 360 g/mol. The van der Waals surface area contributed by atoms with Gasteiger partial charge in [0.15, 0.2) is 11.4 Å². The molecule has 0 saturated heterocycles. The summed E-state index contributed by atoms with van der Waals surface area (Å²) in [6.45, 7) is 7.84.